The molecule has 0 fully saturated rings. The van der Waals surface area contributed by atoms with Crippen LogP contribution in [-0.2, 0) is 17.1 Å². The molecule has 0 amide bonds. The molecule has 1 heterocycles. The van der Waals surface area contributed by atoms with Crippen LogP contribution >= 0.6 is 0 Å². The Hall–Kier alpha value is -3.64. The number of sulfonamides is 1. The molecule has 3 aromatic rings. The molecule has 0 saturated heterocycles. The number of nitrogens with zero attached hydrogens (tertiary/aromatic N) is 6. The third-order valence-electron chi connectivity index (χ3n) is 3.77. The molecule has 12 heteroatoms. The molecule has 0 atom stereocenters. The minimum absolute atomic E-state index is 0.0430. The highest BCUT2D eigenvalue weighted by molar-refractivity contribution is 7.89. The fourth-order valence-corrected chi connectivity index (χ4v) is 2.75. The first kappa shape index (κ1) is 20.1. The normalized spacial score (nSPS) is 12.1. The van der Waals surface area contributed by atoms with Crippen molar-refractivity contribution in [3.63, 3.8) is 0 Å². The van der Waals surface area contributed by atoms with Crippen molar-refractivity contribution in [3.05, 3.63) is 48.7 Å². The summed E-state index contributed by atoms with van der Waals surface area (Å²) in [5.74, 6) is 0.632. The van der Waals surface area contributed by atoms with Gasteiger partial charge in [-0.3, -0.25) is 0 Å². The summed E-state index contributed by atoms with van der Waals surface area (Å²) in [5, 5.41) is 35.5. The summed E-state index contributed by atoms with van der Waals surface area (Å²) in [4.78, 5) is -0.0430. The second-order valence-electron chi connectivity index (χ2n) is 5.77. The van der Waals surface area contributed by atoms with E-state index in [2.05, 4.69) is 25.6 Å². The number of hydrogen-bond donors (Lipinski definition) is 2. The van der Waals surface area contributed by atoms with Crippen molar-refractivity contribution in [1.82, 2.24) is 9.78 Å². The fraction of sp³-hybridized carbons (Fsp3) is 0.118. The van der Waals surface area contributed by atoms with E-state index in [-0.39, 0.29) is 22.0 Å². The van der Waals surface area contributed by atoms with Crippen LogP contribution in [0.4, 0.5) is 22.9 Å². The Bertz CT molecular complexity index is 1180. The maximum Gasteiger partial charge on any atom is 0.238 e. The number of azo groups is 2. The van der Waals surface area contributed by atoms with Crippen molar-refractivity contribution in [3.8, 4) is 11.5 Å². The van der Waals surface area contributed by atoms with Gasteiger partial charge in [-0.1, -0.05) is 0 Å². The largest absolute Gasteiger partial charge is 0.504 e. The topological polar surface area (TPSA) is 157 Å². The van der Waals surface area contributed by atoms with Crippen molar-refractivity contribution >= 4 is 32.9 Å². The van der Waals surface area contributed by atoms with E-state index in [0.29, 0.717) is 17.3 Å². The van der Waals surface area contributed by atoms with E-state index in [9.17, 15) is 13.5 Å². The summed E-state index contributed by atoms with van der Waals surface area (Å²) >= 11 is 0. The minimum atomic E-state index is -3.79. The SMILES string of the molecule is COc1cc(/N=N/c2ccc(S(N)(=O)=O)cc2)c(O)c(/N=N/c2ccnn2C)c1. The number of benzene rings is 2. The van der Waals surface area contributed by atoms with Gasteiger partial charge in [0.1, 0.15) is 17.1 Å². The Morgan fingerprint density at radius 2 is 1.66 bits per heavy atom. The lowest BCUT2D eigenvalue weighted by Gasteiger charge is -2.06. The van der Waals surface area contributed by atoms with Gasteiger partial charge in [0, 0.05) is 25.2 Å². The lowest BCUT2D eigenvalue weighted by molar-refractivity contribution is 0.413. The van der Waals surface area contributed by atoms with Crippen LogP contribution in [0.1, 0.15) is 0 Å². The maximum atomic E-state index is 11.3. The molecule has 150 valence electrons. The number of methoxy groups -OCH3 is 1. The van der Waals surface area contributed by atoms with Gasteiger partial charge in [-0.2, -0.15) is 10.2 Å². The van der Waals surface area contributed by atoms with E-state index >= 15 is 0 Å². The molecule has 0 radical (unpaired) electrons. The highest BCUT2D eigenvalue weighted by Gasteiger charge is 2.11. The van der Waals surface area contributed by atoms with Crippen LogP contribution in [0.15, 0.2) is 74.0 Å². The number of hydrogen-bond acceptors (Lipinski definition) is 9. The molecule has 0 bridgehead atoms. The minimum Gasteiger partial charge on any atom is -0.504 e. The molecule has 1 aromatic heterocycles. The maximum absolute atomic E-state index is 11.3. The number of ether oxygens (including phenoxy) is 1. The Morgan fingerprint density at radius 1 is 1.03 bits per heavy atom. The second-order valence-corrected chi connectivity index (χ2v) is 7.33. The number of nitrogens with two attached hydrogens (primary N) is 1. The van der Waals surface area contributed by atoms with Gasteiger partial charge in [0.25, 0.3) is 0 Å². The van der Waals surface area contributed by atoms with Crippen molar-refractivity contribution in [2.45, 2.75) is 4.90 Å². The standard InChI is InChI=1S/C17H17N7O4S/c1-24-16(7-8-19-24)23-22-15-10-12(28-2)9-14(17(15)25)21-20-11-3-5-13(6-4-11)29(18,26)27/h3-10,25H,1-2H3,(H2,18,26,27)/b21-20+,23-22+. The van der Waals surface area contributed by atoms with Gasteiger partial charge in [0.15, 0.2) is 11.6 Å². The summed E-state index contributed by atoms with van der Waals surface area (Å²) < 4.78 is 29.3. The number of rotatable bonds is 6. The van der Waals surface area contributed by atoms with E-state index in [4.69, 9.17) is 9.88 Å². The zero-order valence-corrected chi connectivity index (χ0v) is 16.3. The van der Waals surface area contributed by atoms with Gasteiger partial charge in [-0.25, -0.2) is 18.2 Å². The molecule has 11 nitrogen and oxygen atoms in total. The van der Waals surface area contributed by atoms with E-state index in [0.717, 1.165) is 0 Å². The first-order chi connectivity index (χ1) is 13.8. The Balaban J connectivity index is 1.91. The third-order valence-corrected chi connectivity index (χ3v) is 4.70. The number of aromatic nitrogens is 2. The Morgan fingerprint density at radius 3 is 2.17 bits per heavy atom. The average molecular weight is 415 g/mol. The number of primary sulfonamides is 1. The monoisotopic (exact) mass is 415 g/mol. The second kappa shape index (κ2) is 8.16. The van der Waals surface area contributed by atoms with Crippen LogP contribution in [-0.4, -0.2) is 30.4 Å². The fourth-order valence-electron chi connectivity index (χ4n) is 2.23. The molecular formula is C17H17N7O4S. The van der Waals surface area contributed by atoms with Crippen molar-refractivity contribution in [2.24, 2.45) is 32.6 Å². The van der Waals surface area contributed by atoms with Gasteiger partial charge in [-0.15, -0.1) is 15.3 Å². The van der Waals surface area contributed by atoms with Crippen LogP contribution in [0.3, 0.4) is 0 Å². The van der Waals surface area contributed by atoms with E-state index in [1.54, 1.807) is 19.3 Å². The van der Waals surface area contributed by atoms with Crippen molar-refractivity contribution < 1.29 is 18.3 Å². The highest BCUT2D eigenvalue weighted by atomic mass is 32.2. The molecule has 0 spiro atoms. The molecule has 29 heavy (non-hydrogen) atoms. The van der Waals surface area contributed by atoms with Crippen LogP contribution in [0, 0.1) is 0 Å². The molecule has 3 N–H and O–H groups in total. The predicted octanol–water partition coefficient (Wildman–Crippen LogP) is 3.61. The van der Waals surface area contributed by atoms with E-state index in [1.165, 1.54) is 48.2 Å². The van der Waals surface area contributed by atoms with Gasteiger partial charge in [0.05, 0.1) is 23.9 Å². The lowest BCUT2D eigenvalue weighted by Crippen LogP contribution is -2.11. The highest BCUT2D eigenvalue weighted by Crippen LogP contribution is 2.41. The summed E-state index contributed by atoms with van der Waals surface area (Å²) in [6.45, 7) is 0. The van der Waals surface area contributed by atoms with Crippen molar-refractivity contribution in [1.29, 1.82) is 0 Å². The summed E-state index contributed by atoms with van der Waals surface area (Å²) in [6.07, 6.45) is 1.57. The quantitative estimate of drug-likeness (QED) is 0.588. The zero-order chi connectivity index (χ0) is 21.0. The average Bonchev–Trinajstić information content (AvgIpc) is 3.10. The predicted molar refractivity (Wildman–Crippen MR) is 104 cm³/mol. The molecule has 0 aliphatic carbocycles. The molecule has 0 unspecified atom stereocenters. The van der Waals surface area contributed by atoms with Gasteiger partial charge < -0.3 is 9.84 Å². The van der Waals surface area contributed by atoms with Crippen molar-refractivity contribution in [2.75, 3.05) is 7.11 Å². The first-order valence-corrected chi connectivity index (χ1v) is 9.68. The van der Waals surface area contributed by atoms with E-state index in [1.807, 2.05) is 0 Å². The van der Waals surface area contributed by atoms with Gasteiger partial charge >= 0.3 is 0 Å². The molecule has 0 aliphatic heterocycles. The molecule has 0 saturated carbocycles. The van der Waals surface area contributed by atoms with Crippen LogP contribution in [0.5, 0.6) is 11.5 Å². The van der Waals surface area contributed by atoms with Crippen LogP contribution in [0.25, 0.3) is 0 Å². The lowest BCUT2D eigenvalue weighted by atomic mass is 10.2. The summed E-state index contributed by atoms with van der Waals surface area (Å²) in [5.41, 5.74) is 0.584. The van der Waals surface area contributed by atoms with E-state index < -0.39 is 10.0 Å². The Kier molecular flexibility index (Phi) is 5.66. The number of phenols is 1. The molecular weight excluding hydrogens is 398 g/mol. The van der Waals surface area contributed by atoms with Gasteiger partial charge in [0.2, 0.25) is 10.0 Å². The summed E-state index contributed by atoms with van der Waals surface area (Å²) in [7, 11) is -0.625. The number of phenolic OH excluding ortho intramolecular Hbond substituents is 1. The molecule has 3 rings (SSSR count). The van der Waals surface area contributed by atoms with Gasteiger partial charge in [-0.05, 0) is 24.3 Å². The third kappa shape index (κ3) is 4.80. The number of aryl methyl sites for hydroxylation is 1. The zero-order valence-electron chi connectivity index (χ0n) is 15.5. The van der Waals surface area contributed by atoms with Crippen LogP contribution in [0.2, 0.25) is 0 Å². The number of aromatic hydroxyl groups is 1. The smallest absolute Gasteiger partial charge is 0.238 e. The first-order valence-electron chi connectivity index (χ1n) is 8.13. The van der Waals surface area contributed by atoms with Crippen LogP contribution < -0.4 is 9.88 Å². The molecule has 2 aromatic carbocycles. The Labute approximate surface area is 166 Å². The molecule has 0 aliphatic rings. The summed E-state index contributed by atoms with van der Waals surface area (Å²) in [6, 6.07) is 10.1.